The molecule has 7 nitrogen and oxygen atoms in total. The van der Waals surface area contributed by atoms with Gasteiger partial charge in [-0.05, 0) is 43.7 Å². The second-order valence-electron chi connectivity index (χ2n) is 9.94. The fraction of sp³-hybridized carbons (Fsp3) is 0.708. The van der Waals surface area contributed by atoms with Crippen molar-refractivity contribution in [2.45, 2.75) is 63.9 Å². The summed E-state index contributed by atoms with van der Waals surface area (Å²) < 4.78 is 14.8. The van der Waals surface area contributed by atoms with Crippen LogP contribution in [0.2, 0.25) is 0 Å². The summed E-state index contributed by atoms with van der Waals surface area (Å²) in [5.41, 5.74) is 3.08. The van der Waals surface area contributed by atoms with E-state index in [4.69, 9.17) is 0 Å². The molecular weight excluding hydrogens is 407 g/mol. The fourth-order valence-corrected chi connectivity index (χ4v) is 5.90. The Hall–Kier alpha value is -1.74. The van der Waals surface area contributed by atoms with Crippen molar-refractivity contribution >= 4 is 11.6 Å². The highest BCUT2D eigenvalue weighted by atomic mass is 19.1. The van der Waals surface area contributed by atoms with E-state index >= 15 is 0 Å². The Balaban J connectivity index is 1.19. The number of amides is 1. The van der Waals surface area contributed by atoms with Crippen LogP contribution in [0.15, 0.2) is 12.1 Å². The average Bonchev–Trinajstić information content (AvgIpc) is 3.14. The van der Waals surface area contributed by atoms with E-state index in [0.717, 1.165) is 62.5 Å². The van der Waals surface area contributed by atoms with E-state index in [9.17, 15) is 9.18 Å². The van der Waals surface area contributed by atoms with Gasteiger partial charge < -0.3 is 10.2 Å². The van der Waals surface area contributed by atoms with Gasteiger partial charge in [-0.3, -0.25) is 25.6 Å². The van der Waals surface area contributed by atoms with Gasteiger partial charge in [0.25, 0.3) is 0 Å². The number of aryl methyl sites for hydroxylation is 1. The Morgan fingerprint density at radius 1 is 1.19 bits per heavy atom. The molecule has 1 amide bonds. The van der Waals surface area contributed by atoms with Gasteiger partial charge in [-0.25, -0.2) is 4.39 Å². The molecule has 4 aliphatic rings. The third-order valence-corrected chi connectivity index (χ3v) is 7.99. The van der Waals surface area contributed by atoms with Crippen molar-refractivity contribution in [1.82, 2.24) is 25.8 Å². The first kappa shape index (κ1) is 22.1. The third kappa shape index (κ3) is 4.25. The van der Waals surface area contributed by atoms with E-state index in [0.29, 0.717) is 5.92 Å². The van der Waals surface area contributed by atoms with Crippen molar-refractivity contribution in [3.05, 3.63) is 29.1 Å². The summed E-state index contributed by atoms with van der Waals surface area (Å²) >= 11 is 0. The number of carbonyl (C=O) groups is 1. The van der Waals surface area contributed by atoms with E-state index in [2.05, 4.69) is 33.1 Å². The van der Waals surface area contributed by atoms with Crippen LogP contribution in [0.4, 0.5) is 10.1 Å². The molecule has 1 aromatic carbocycles. The van der Waals surface area contributed by atoms with Gasteiger partial charge >= 0.3 is 0 Å². The summed E-state index contributed by atoms with van der Waals surface area (Å²) in [6, 6.07) is 3.75. The zero-order valence-electron chi connectivity index (χ0n) is 19.3. The highest BCUT2D eigenvalue weighted by Gasteiger charge is 2.42. The van der Waals surface area contributed by atoms with Crippen LogP contribution in [0.1, 0.15) is 49.7 Å². The highest BCUT2D eigenvalue weighted by Crippen LogP contribution is 2.49. The number of rotatable bonds is 5. The normalized spacial score (nSPS) is 31.2. The largest absolute Gasteiger partial charge is 0.380 e. The lowest BCUT2D eigenvalue weighted by Crippen LogP contribution is -2.68. The van der Waals surface area contributed by atoms with Crippen LogP contribution in [0.25, 0.3) is 0 Å². The van der Waals surface area contributed by atoms with Crippen LogP contribution in [-0.4, -0.2) is 73.5 Å². The fourth-order valence-electron chi connectivity index (χ4n) is 5.90. The molecule has 2 saturated heterocycles. The first-order chi connectivity index (χ1) is 15.5. The molecule has 1 aliphatic carbocycles. The third-order valence-electron chi connectivity index (χ3n) is 7.99. The smallest absolute Gasteiger partial charge is 0.219 e. The highest BCUT2D eigenvalue weighted by molar-refractivity contribution is 5.73. The standard InChI is InChI=1S/C24H37FN6O/c1-15-6-7-18(25)22-21(17-4-3-5-17)19(28-23(15)22)14-27-20-8-9-26-24(29-20)31-12-10-30(11-13-31)16(2)32/h6-7,17,19-21,24,26-29H,3-5,8-14H2,1-2H3. The minimum atomic E-state index is -0.0535. The summed E-state index contributed by atoms with van der Waals surface area (Å²) in [7, 11) is 0. The molecule has 4 N–H and O–H groups in total. The zero-order chi connectivity index (χ0) is 22.2. The minimum absolute atomic E-state index is 0.0535. The van der Waals surface area contributed by atoms with E-state index in [1.165, 1.54) is 19.3 Å². The first-order valence-corrected chi connectivity index (χ1v) is 12.3. The van der Waals surface area contributed by atoms with Crippen molar-refractivity contribution < 1.29 is 9.18 Å². The maximum Gasteiger partial charge on any atom is 0.219 e. The van der Waals surface area contributed by atoms with E-state index in [-0.39, 0.29) is 36.1 Å². The van der Waals surface area contributed by atoms with Crippen LogP contribution < -0.4 is 21.3 Å². The predicted molar refractivity (Wildman–Crippen MR) is 124 cm³/mol. The summed E-state index contributed by atoms with van der Waals surface area (Å²) in [4.78, 5) is 15.9. The number of hydrogen-bond donors (Lipinski definition) is 4. The molecule has 4 unspecified atom stereocenters. The van der Waals surface area contributed by atoms with Crippen molar-refractivity contribution in [2.24, 2.45) is 5.92 Å². The molecule has 4 atom stereocenters. The van der Waals surface area contributed by atoms with Gasteiger partial charge in [0, 0.05) is 69.4 Å². The Morgan fingerprint density at radius 3 is 2.66 bits per heavy atom. The second kappa shape index (κ2) is 9.25. The monoisotopic (exact) mass is 444 g/mol. The molecule has 5 rings (SSSR count). The van der Waals surface area contributed by atoms with Crippen LogP contribution in [-0.2, 0) is 4.79 Å². The maximum absolute atomic E-state index is 14.8. The van der Waals surface area contributed by atoms with Crippen molar-refractivity contribution in [1.29, 1.82) is 0 Å². The van der Waals surface area contributed by atoms with Gasteiger partial charge in [0.1, 0.15) is 12.1 Å². The van der Waals surface area contributed by atoms with E-state index in [1.54, 1.807) is 13.0 Å². The van der Waals surface area contributed by atoms with Crippen LogP contribution in [0.3, 0.4) is 0 Å². The lowest BCUT2D eigenvalue weighted by molar-refractivity contribution is -0.131. The molecule has 0 bridgehead atoms. The number of hydrogen-bond acceptors (Lipinski definition) is 6. The molecule has 1 saturated carbocycles. The number of halogens is 1. The zero-order valence-corrected chi connectivity index (χ0v) is 19.3. The quantitative estimate of drug-likeness (QED) is 0.555. The Kier molecular flexibility index (Phi) is 6.38. The molecule has 8 heteroatoms. The van der Waals surface area contributed by atoms with Crippen molar-refractivity contribution in [2.75, 3.05) is 44.6 Å². The molecule has 3 aliphatic heterocycles. The maximum atomic E-state index is 14.8. The topological polar surface area (TPSA) is 71.7 Å². The molecule has 3 heterocycles. The Labute approximate surface area is 190 Å². The number of carbonyl (C=O) groups excluding carboxylic acids is 1. The summed E-state index contributed by atoms with van der Waals surface area (Å²) in [5, 5.41) is 14.7. The van der Waals surface area contributed by atoms with Gasteiger partial charge in [-0.2, -0.15) is 0 Å². The van der Waals surface area contributed by atoms with Crippen molar-refractivity contribution in [3.8, 4) is 0 Å². The lowest BCUT2D eigenvalue weighted by Gasteiger charge is -2.43. The number of nitrogens with zero attached hydrogens (tertiary/aromatic N) is 2. The molecule has 0 aromatic heterocycles. The number of fused-ring (bicyclic) bond motifs is 1. The summed E-state index contributed by atoms with van der Waals surface area (Å²) in [6.07, 6.45) is 5.01. The van der Waals surface area contributed by atoms with E-state index < -0.39 is 0 Å². The molecule has 1 aromatic rings. The first-order valence-electron chi connectivity index (χ1n) is 12.3. The number of anilines is 1. The molecule has 3 fully saturated rings. The number of benzene rings is 1. The Morgan fingerprint density at radius 2 is 1.97 bits per heavy atom. The number of nitrogens with one attached hydrogen (secondary N) is 4. The lowest BCUT2D eigenvalue weighted by atomic mass is 9.71. The summed E-state index contributed by atoms with van der Waals surface area (Å²) in [5.74, 6) is 0.940. The molecule has 0 radical (unpaired) electrons. The van der Waals surface area contributed by atoms with Crippen molar-refractivity contribution in [3.63, 3.8) is 0 Å². The number of piperazine rings is 1. The molecular formula is C24H37FN6O. The predicted octanol–water partition coefficient (Wildman–Crippen LogP) is 1.76. The second-order valence-corrected chi connectivity index (χ2v) is 9.94. The Bertz CT molecular complexity index is 838. The molecule has 0 spiro atoms. The molecule has 32 heavy (non-hydrogen) atoms. The van der Waals surface area contributed by atoms with Crippen LogP contribution in [0, 0.1) is 18.7 Å². The summed E-state index contributed by atoms with van der Waals surface area (Å²) in [6.45, 7) is 8.79. The minimum Gasteiger partial charge on any atom is -0.380 e. The van der Waals surface area contributed by atoms with Gasteiger partial charge in [-0.1, -0.05) is 12.5 Å². The van der Waals surface area contributed by atoms with Gasteiger partial charge in [-0.15, -0.1) is 0 Å². The van der Waals surface area contributed by atoms with Gasteiger partial charge in [0.2, 0.25) is 5.91 Å². The molecule has 176 valence electrons. The van der Waals surface area contributed by atoms with Crippen LogP contribution in [0.5, 0.6) is 0 Å². The van der Waals surface area contributed by atoms with Crippen LogP contribution >= 0.6 is 0 Å². The average molecular weight is 445 g/mol. The van der Waals surface area contributed by atoms with Gasteiger partial charge in [0.05, 0.1) is 6.17 Å². The SMILES string of the molecule is CC(=O)N1CCN(C2NCCC(NCC3Nc4c(C)ccc(F)c4C3C3CCC3)N2)CC1. The van der Waals surface area contributed by atoms with Gasteiger partial charge in [0.15, 0.2) is 0 Å². The van der Waals surface area contributed by atoms with E-state index in [1.807, 2.05) is 11.0 Å².